The van der Waals surface area contributed by atoms with Crippen LogP contribution >= 0.6 is 0 Å². The molecule has 1 heterocycles. The monoisotopic (exact) mass is 413 g/mol. The molecule has 0 atom stereocenters. The van der Waals surface area contributed by atoms with Crippen molar-refractivity contribution in [2.45, 2.75) is 13.0 Å². The topological polar surface area (TPSA) is 110 Å². The number of primary amides is 1. The first-order chi connectivity index (χ1) is 14.9. The minimum absolute atomic E-state index is 0.0787. The zero-order valence-corrected chi connectivity index (χ0v) is 16.5. The lowest BCUT2D eigenvalue weighted by Gasteiger charge is -2.14. The van der Waals surface area contributed by atoms with Gasteiger partial charge in [-0.2, -0.15) is 0 Å². The largest absolute Gasteiger partial charge is 0.369 e. The highest BCUT2D eigenvalue weighted by Crippen LogP contribution is 2.24. The summed E-state index contributed by atoms with van der Waals surface area (Å²) in [5.41, 5.74) is 8.35. The molecule has 3 N–H and O–H groups in total. The van der Waals surface area contributed by atoms with E-state index in [0.717, 1.165) is 5.56 Å². The van der Waals surface area contributed by atoms with Gasteiger partial charge in [0.1, 0.15) is 0 Å². The first-order valence-electron chi connectivity index (χ1n) is 9.65. The van der Waals surface area contributed by atoms with Crippen molar-refractivity contribution in [1.82, 2.24) is 4.90 Å². The molecule has 1 aliphatic heterocycles. The average molecular weight is 413 g/mol. The summed E-state index contributed by atoms with van der Waals surface area (Å²) in [6.45, 7) is 0.0787. The van der Waals surface area contributed by atoms with Crippen LogP contribution in [0.1, 0.15) is 42.2 Å². The van der Waals surface area contributed by atoms with E-state index in [1.165, 1.54) is 4.90 Å². The van der Waals surface area contributed by atoms with E-state index in [1.54, 1.807) is 72.8 Å². The number of carbonyl (C=O) groups is 4. The zero-order valence-electron chi connectivity index (χ0n) is 16.5. The fourth-order valence-corrected chi connectivity index (χ4v) is 3.49. The molecule has 7 heteroatoms. The second kappa shape index (κ2) is 8.23. The molecule has 4 amide bonds. The Kier molecular flexibility index (Phi) is 5.32. The highest BCUT2D eigenvalue weighted by Gasteiger charge is 2.34. The SMILES string of the molecule is NC(=O)Cc1ccc(NC(=O)c2cccc(CN3C(=O)c4ccccc4C3=O)c2)cc1. The van der Waals surface area contributed by atoms with Crippen molar-refractivity contribution in [2.75, 3.05) is 5.32 Å². The van der Waals surface area contributed by atoms with Crippen molar-refractivity contribution in [3.8, 4) is 0 Å². The van der Waals surface area contributed by atoms with E-state index < -0.39 is 5.91 Å². The molecule has 1 aliphatic rings. The number of hydrogen-bond acceptors (Lipinski definition) is 4. The van der Waals surface area contributed by atoms with Crippen LogP contribution < -0.4 is 11.1 Å². The normalized spacial score (nSPS) is 12.6. The average Bonchev–Trinajstić information content (AvgIpc) is 3.00. The third kappa shape index (κ3) is 4.20. The van der Waals surface area contributed by atoms with Crippen molar-refractivity contribution >= 4 is 29.3 Å². The third-order valence-electron chi connectivity index (χ3n) is 5.00. The number of anilines is 1. The number of nitrogens with two attached hydrogens (primary N) is 1. The highest BCUT2D eigenvalue weighted by molar-refractivity contribution is 6.21. The summed E-state index contributed by atoms with van der Waals surface area (Å²) in [5, 5.41) is 2.79. The first kappa shape index (κ1) is 20.0. The molecule has 3 aromatic carbocycles. The lowest BCUT2D eigenvalue weighted by atomic mass is 10.1. The van der Waals surface area contributed by atoms with E-state index in [9.17, 15) is 19.2 Å². The van der Waals surface area contributed by atoms with Gasteiger partial charge in [0.05, 0.1) is 24.1 Å². The maximum atomic E-state index is 12.6. The second-order valence-corrected chi connectivity index (χ2v) is 7.24. The summed E-state index contributed by atoms with van der Waals surface area (Å²) in [6.07, 6.45) is 0.133. The van der Waals surface area contributed by atoms with Gasteiger partial charge < -0.3 is 11.1 Å². The Balaban J connectivity index is 1.46. The van der Waals surface area contributed by atoms with Gasteiger partial charge >= 0.3 is 0 Å². The number of nitrogens with zero attached hydrogens (tertiary/aromatic N) is 1. The summed E-state index contributed by atoms with van der Waals surface area (Å²) in [6, 6.07) is 20.3. The number of fused-ring (bicyclic) bond motifs is 1. The second-order valence-electron chi connectivity index (χ2n) is 7.24. The minimum Gasteiger partial charge on any atom is -0.369 e. The van der Waals surface area contributed by atoms with Gasteiger partial charge in [0, 0.05) is 11.3 Å². The number of amides is 4. The number of hydrogen-bond donors (Lipinski definition) is 2. The first-order valence-corrected chi connectivity index (χ1v) is 9.65. The molecule has 0 bridgehead atoms. The lowest BCUT2D eigenvalue weighted by molar-refractivity contribution is -0.117. The molecule has 4 rings (SSSR count). The number of carbonyl (C=O) groups excluding carboxylic acids is 4. The number of rotatable bonds is 6. The van der Waals surface area contributed by atoms with E-state index in [0.29, 0.717) is 27.9 Å². The van der Waals surface area contributed by atoms with Crippen LogP contribution in [0.2, 0.25) is 0 Å². The standard InChI is InChI=1S/C24H19N3O4/c25-21(28)13-15-8-10-18(11-9-15)26-22(29)17-5-3-4-16(12-17)14-27-23(30)19-6-1-2-7-20(19)24(27)31/h1-12H,13-14H2,(H2,25,28)(H,26,29). The predicted molar refractivity (Wildman–Crippen MR) is 114 cm³/mol. The Labute approximate surface area is 178 Å². The summed E-state index contributed by atoms with van der Waals surface area (Å²) >= 11 is 0. The molecule has 3 aromatic rings. The van der Waals surface area contributed by atoms with Crippen LogP contribution in [-0.2, 0) is 17.8 Å². The van der Waals surface area contributed by atoms with Gasteiger partial charge in [-0.1, -0.05) is 36.4 Å². The van der Waals surface area contributed by atoms with Crippen molar-refractivity contribution in [1.29, 1.82) is 0 Å². The van der Waals surface area contributed by atoms with Gasteiger partial charge in [-0.15, -0.1) is 0 Å². The number of imide groups is 1. The van der Waals surface area contributed by atoms with Crippen LogP contribution in [0.5, 0.6) is 0 Å². The Bertz CT molecular complexity index is 1170. The number of benzene rings is 3. The quantitative estimate of drug-likeness (QED) is 0.606. The molecular formula is C24H19N3O4. The molecular weight excluding hydrogens is 394 g/mol. The summed E-state index contributed by atoms with van der Waals surface area (Å²) in [7, 11) is 0. The van der Waals surface area contributed by atoms with Crippen LogP contribution in [0, 0.1) is 0 Å². The van der Waals surface area contributed by atoms with Gasteiger partial charge in [0.25, 0.3) is 17.7 Å². The van der Waals surface area contributed by atoms with Gasteiger partial charge in [0.2, 0.25) is 5.91 Å². The van der Waals surface area contributed by atoms with E-state index in [1.807, 2.05) is 0 Å². The molecule has 0 aliphatic carbocycles. The fourth-order valence-electron chi connectivity index (χ4n) is 3.49. The van der Waals surface area contributed by atoms with Gasteiger partial charge in [0.15, 0.2) is 0 Å². The smallest absolute Gasteiger partial charge is 0.261 e. The van der Waals surface area contributed by atoms with E-state index in [2.05, 4.69) is 5.32 Å². The fraction of sp³-hybridized carbons (Fsp3) is 0.0833. The van der Waals surface area contributed by atoms with Crippen LogP contribution in [0.25, 0.3) is 0 Å². The minimum atomic E-state index is -0.424. The van der Waals surface area contributed by atoms with Gasteiger partial charge in [-0.3, -0.25) is 24.1 Å². The maximum absolute atomic E-state index is 12.6. The summed E-state index contributed by atoms with van der Waals surface area (Å²) in [4.78, 5) is 49.9. The van der Waals surface area contributed by atoms with Crippen LogP contribution in [-0.4, -0.2) is 28.5 Å². The van der Waals surface area contributed by atoms with Crippen molar-refractivity contribution < 1.29 is 19.2 Å². The Morgan fingerprint density at radius 1 is 0.806 bits per heavy atom. The number of nitrogens with one attached hydrogen (secondary N) is 1. The van der Waals surface area contributed by atoms with Crippen molar-refractivity contribution in [3.63, 3.8) is 0 Å². The molecule has 0 saturated carbocycles. The maximum Gasteiger partial charge on any atom is 0.261 e. The lowest BCUT2D eigenvalue weighted by Crippen LogP contribution is -2.29. The van der Waals surface area contributed by atoms with Crippen LogP contribution in [0.15, 0.2) is 72.8 Å². The zero-order chi connectivity index (χ0) is 22.0. The Morgan fingerprint density at radius 3 is 2.06 bits per heavy atom. The van der Waals surface area contributed by atoms with Crippen LogP contribution in [0.4, 0.5) is 5.69 Å². The third-order valence-corrected chi connectivity index (χ3v) is 5.00. The van der Waals surface area contributed by atoms with Gasteiger partial charge in [-0.05, 0) is 47.5 Å². The Morgan fingerprint density at radius 2 is 1.45 bits per heavy atom. The molecule has 0 saturated heterocycles. The predicted octanol–water partition coefficient (Wildman–Crippen LogP) is 2.76. The highest BCUT2D eigenvalue weighted by atomic mass is 16.2. The molecule has 7 nitrogen and oxygen atoms in total. The summed E-state index contributed by atoms with van der Waals surface area (Å²) < 4.78 is 0. The molecule has 0 aromatic heterocycles. The van der Waals surface area contributed by atoms with Crippen LogP contribution in [0.3, 0.4) is 0 Å². The van der Waals surface area contributed by atoms with Crippen molar-refractivity contribution in [2.24, 2.45) is 5.73 Å². The molecule has 0 fully saturated rings. The van der Waals surface area contributed by atoms with Gasteiger partial charge in [-0.25, -0.2) is 0 Å². The summed E-state index contributed by atoms with van der Waals surface area (Å²) in [5.74, 6) is -1.43. The van der Waals surface area contributed by atoms with E-state index in [4.69, 9.17) is 5.73 Å². The molecule has 0 radical (unpaired) electrons. The van der Waals surface area contributed by atoms with E-state index in [-0.39, 0.29) is 30.7 Å². The molecule has 154 valence electrons. The molecule has 31 heavy (non-hydrogen) atoms. The molecule has 0 unspecified atom stereocenters. The Hall–Kier alpha value is -4.26. The van der Waals surface area contributed by atoms with Crippen molar-refractivity contribution in [3.05, 3.63) is 101 Å². The molecule has 0 spiro atoms. The van der Waals surface area contributed by atoms with E-state index >= 15 is 0 Å².